The number of nitrogens with one attached hydrogen (secondary N) is 1. The van der Waals surface area contributed by atoms with Crippen LogP contribution in [0.2, 0.25) is 10.0 Å². The van der Waals surface area contributed by atoms with E-state index in [2.05, 4.69) is 10.3 Å². The molecule has 2 aromatic carbocycles. The number of ether oxygens (including phenoxy) is 1. The molecule has 2 heterocycles. The number of aliphatic carboxylic acids is 2. The summed E-state index contributed by atoms with van der Waals surface area (Å²) in [6, 6.07) is 14.0. The van der Waals surface area contributed by atoms with Crippen LogP contribution in [0.5, 0.6) is 5.75 Å². The molecular formula is C28H26Cl2F3N3O8S. The van der Waals surface area contributed by atoms with Crippen LogP contribution in [0.3, 0.4) is 0 Å². The minimum absolute atomic E-state index is 0.00493. The first-order valence-corrected chi connectivity index (χ1v) is 15.2. The van der Waals surface area contributed by atoms with Crippen LogP contribution < -0.4 is 10.1 Å². The van der Waals surface area contributed by atoms with E-state index >= 15 is 0 Å². The van der Waals surface area contributed by atoms with Gasteiger partial charge in [0.25, 0.3) is 0 Å². The van der Waals surface area contributed by atoms with Crippen LogP contribution in [0.25, 0.3) is 0 Å². The number of rotatable bonds is 10. The first kappa shape index (κ1) is 35.6. The molecule has 0 spiro atoms. The van der Waals surface area contributed by atoms with Gasteiger partial charge in [-0.3, -0.25) is 9.78 Å². The molecule has 1 saturated heterocycles. The Kier molecular flexibility index (Phi) is 12.2. The number of carboxylic acids is 2. The Morgan fingerprint density at radius 2 is 1.67 bits per heavy atom. The van der Waals surface area contributed by atoms with Crippen molar-refractivity contribution in [2.75, 3.05) is 6.54 Å². The second-order valence-electron chi connectivity index (χ2n) is 9.54. The molecule has 0 radical (unpaired) electrons. The number of benzene rings is 2. The molecule has 1 aliphatic rings. The highest BCUT2D eigenvalue weighted by Crippen LogP contribution is 2.30. The molecule has 17 heteroatoms. The fourth-order valence-electron chi connectivity index (χ4n) is 4.17. The summed E-state index contributed by atoms with van der Waals surface area (Å²) in [4.78, 5) is 38.0. The Bertz CT molecular complexity index is 1590. The number of nitrogens with zero attached hydrogens (tertiary/aromatic N) is 2. The first-order valence-electron chi connectivity index (χ1n) is 13.0. The number of aromatic nitrogens is 1. The molecule has 3 N–H and O–H groups in total. The van der Waals surface area contributed by atoms with Gasteiger partial charge in [-0.15, -0.1) is 0 Å². The molecule has 0 saturated carbocycles. The van der Waals surface area contributed by atoms with Gasteiger partial charge < -0.3 is 20.3 Å². The van der Waals surface area contributed by atoms with Crippen molar-refractivity contribution >= 4 is 51.1 Å². The second kappa shape index (κ2) is 15.4. The summed E-state index contributed by atoms with van der Waals surface area (Å²) >= 11 is 12.0. The monoisotopic (exact) mass is 691 g/mol. The Morgan fingerprint density at radius 3 is 2.20 bits per heavy atom. The maximum absolute atomic E-state index is 13.2. The molecule has 0 unspecified atom stereocenters. The first-order chi connectivity index (χ1) is 21.1. The Hall–Kier alpha value is -3.92. The molecule has 4 rings (SSSR count). The van der Waals surface area contributed by atoms with Gasteiger partial charge in [0.05, 0.1) is 10.6 Å². The zero-order chi connectivity index (χ0) is 33.4. The average Bonchev–Trinajstić information content (AvgIpc) is 3.48. The van der Waals surface area contributed by atoms with Crippen molar-refractivity contribution in [2.24, 2.45) is 0 Å². The summed E-state index contributed by atoms with van der Waals surface area (Å²) in [5, 5.41) is 19.7. The normalized spacial score (nSPS) is 15.8. The van der Waals surface area contributed by atoms with E-state index in [-0.39, 0.29) is 40.9 Å². The maximum atomic E-state index is 13.2. The fourth-order valence-corrected chi connectivity index (χ4v) is 6.55. The Morgan fingerprint density at radius 1 is 1.04 bits per heavy atom. The van der Waals surface area contributed by atoms with Crippen molar-refractivity contribution in [1.29, 1.82) is 0 Å². The predicted molar refractivity (Wildman–Crippen MR) is 155 cm³/mol. The third-order valence-electron chi connectivity index (χ3n) is 6.28. The molecule has 0 aliphatic carbocycles. The molecule has 1 amide bonds. The number of sulfonamides is 1. The third kappa shape index (κ3) is 10.3. The van der Waals surface area contributed by atoms with E-state index < -0.39 is 46.1 Å². The maximum Gasteiger partial charge on any atom is 0.490 e. The van der Waals surface area contributed by atoms with Gasteiger partial charge in [-0.05, 0) is 60.9 Å². The van der Waals surface area contributed by atoms with Crippen molar-refractivity contribution in [2.45, 2.75) is 49.0 Å². The van der Waals surface area contributed by atoms with Gasteiger partial charge >= 0.3 is 18.1 Å². The van der Waals surface area contributed by atoms with Crippen molar-refractivity contribution in [3.8, 4) is 5.75 Å². The average molecular weight is 692 g/mol. The van der Waals surface area contributed by atoms with Gasteiger partial charge in [-0.1, -0.05) is 41.4 Å². The topological polar surface area (TPSA) is 163 Å². The van der Waals surface area contributed by atoms with E-state index in [1.807, 2.05) is 18.2 Å². The molecule has 2 atom stereocenters. The van der Waals surface area contributed by atoms with Crippen LogP contribution in [0, 0.1) is 0 Å². The molecule has 45 heavy (non-hydrogen) atoms. The SMILES string of the molecule is O=C(O)C(F)(F)F.O=C(O)[C@H](Cc1ccc(OCc2ccccn2)cc1)NC(=O)[C@@H]1CCCN1S(=O)(=O)c1cc(Cl)cc(Cl)c1. The molecule has 1 aliphatic heterocycles. The number of pyridine rings is 1. The van der Waals surface area contributed by atoms with E-state index in [1.165, 1.54) is 18.2 Å². The highest BCUT2D eigenvalue weighted by atomic mass is 35.5. The molecule has 3 aromatic rings. The van der Waals surface area contributed by atoms with E-state index in [9.17, 15) is 36.3 Å². The zero-order valence-corrected chi connectivity index (χ0v) is 25.4. The zero-order valence-electron chi connectivity index (χ0n) is 23.1. The van der Waals surface area contributed by atoms with Gasteiger partial charge in [0.15, 0.2) is 0 Å². The van der Waals surface area contributed by atoms with Crippen LogP contribution in [-0.2, 0) is 37.4 Å². The lowest BCUT2D eigenvalue weighted by Crippen LogP contribution is -2.51. The molecular weight excluding hydrogens is 666 g/mol. The van der Waals surface area contributed by atoms with Crippen LogP contribution in [0.15, 0.2) is 71.8 Å². The number of amides is 1. The van der Waals surface area contributed by atoms with Crippen molar-refractivity contribution in [3.63, 3.8) is 0 Å². The number of hydrogen-bond donors (Lipinski definition) is 3. The lowest BCUT2D eigenvalue weighted by atomic mass is 10.1. The van der Waals surface area contributed by atoms with Crippen LogP contribution >= 0.6 is 23.2 Å². The second-order valence-corrected chi connectivity index (χ2v) is 12.3. The van der Waals surface area contributed by atoms with E-state index in [4.69, 9.17) is 37.8 Å². The van der Waals surface area contributed by atoms with Crippen LogP contribution in [-0.4, -0.2) is 70.6 Å². The smallest absolute Gasteiger partial charge is 0.487 e. The minimum Gasteiger partial charge on any atom is -0.487 e. The summed E-state index contributed by atoms with van der Waals surface area (Å²) in [7, 11) is -4.09. The number of carbonyl (C=O) groups is 3. The Balaban J connectivity index is 0.000000707. The predicted octanol–water partition coefficient (Wildman–Crippen LogP) is 4.57. The largest absolute Gasteiger partial charge is 0.490 e. The molecule has 11 nitrogen and oxygen atoms in total. The summed E-state index contributed by atoms with van der Waals surface area (Å²) in [5.74, 6) is -4.08. The lowest BCUT2D eigenvalue weighted by molar-refractivity contribution is -0.192. The van der Waals surface area contributed by atoms with E-state index in [0.717, 1.165) is 10.00 Å². The summed E-state index contributed by atoms with van der Waals surface area (Å²) < 4.78 is 65.0. The molecule has 242 valence electrons. The lowest BCUT2D eigenvalue weighted by Gasteiger charge is -2.25. The minimum atomic E-state index is -5.08. The summed E-state index contributed by atoms with van der Waals surface area (Å²) in [6.45, 7) is 0.401. The number of alkyl halides is 3. The van der Waals surface area contributed by atoms with Crippen LogP contribution in [0.4, 0.5) is 13.2 Å². The van der Waals surface area contributed by atoms with E-state index in [1.54, 1.807) is 30.5 Å². The van der Waals surface area contributed by atoms with Gasteiger partial charge in [-0.2, -0.15) is 17.5 Å². The highest BCUT2D eigenvalue weighted by molar-refractivity contribution is 7.89. The van der Waals surface area contributed by atoms with Gasteiger partial charge in [0.2, 0.25) is 15.9 Å². The van der Waals surface area contributed by atoms with Crippen LogP contribution in [0.1, 0.15) is 24.1 Å². The van der Waals surface area contributed by atoms with Crippen molar-refractivity contribution in [3.05, 3.63) is 88.2 Å². The third-order valence-corrected chi connectivity index (χ3v) is 8.60. The van der Waals surface area contributed by atoms with Crippen molar-refractivity contribution < 1.29 is 50.9 Å². The molecule has 0 bridgehead atoms. The summed E-state index contributed by atoms with van der Waals surface area (Å²) in [6.07, 6.45) is -2.70. The van der Waals surface area contributed by atoms with Gasteiger partial charge in [0.1, 0.15) is 24.4 Å². The number of carboxylic acid groups (broad SMARTS) is 2. The highest BCUT2D eigenvalue weighted by Gasteiger charge is 2.41. The van der Waals surface area contributed by atoms with Gasteiger partial charge in [-0.25, -0.2) is 18.0 Å². The summed E-state index contributed by atoms with van der Waals surface area (Å²) in [5.41, 5.74) is 1.43. The molecule has 1 fully saturated rings. The number of hydrogen-bond acceptors (Lipinski definition) is 7. The van der Waals surface area contributed by atoms with Crippen molar-refractivity contribution in [1.82, 2.24) is 14.6 Å². The standard InChI is InChI=1S/C26H25Cl2N3O6S.C2HF3O2/c27-18-13-19(28)15-22(14-18)38(35,36)31-11-3-5-24(31)25(32)30-23(26(33)34)12-17-6-8-21(9-7-17)37-16-20-4-1-2-10-29-20;3-2(4,5)1(6)7/h1-2,4,6-10,13-15,23-24H,3,5,11-12,16H2,(H,30,32)(H,33,34);(H,6,7)/t23-,24-;/m0./s1. The molecule has 1 aromatic heterocycles. The van der Waals surface area contributed by atoms with Gasteiger partial charge in [0, 0.05) is 29.2 Å². The van der Waals surface area contributed by atoms with E-state index in [0.29, 0.717) is 17.7 Å². The fraction of sp³-hybridized carbons (Fsp3) is 0.286. The quantitative estimate of drug-likeness (QED) is 0.276. The Labute approximate surface area is 265 Å². The number of halogens is 5. The number of carbonyl (C=O) groups excluding carboxylic acids is 1.